The first-order chi connectivity index (χ1) is 8.34. The van der Waals surface area contributed by atoms with Gasteiger partial charge in [0.05, 0.1) is 0 Å². The first kappa shape index (κ1) is 10.8. The number of para-hydroxylation sites is 1. The molecule has 1 aromatic heterocycles. The third-order valence-corrected chi connectivity index (χ3v) is 3.61. The third kappa shape index (κ3) is 2.37. The van der Waals surface area contributed by atoms with Gasteiger partial charge in [0, 0.05) is 30.2 Å². The van der Waals surface area contributed by atoms with Crippen LogP contribution in [0.2, 0.25) is 0 Å². The largest absolute Gasteiger partial charge is 0.350 e. The van der Waals surface area contributed by atoms with Crippen molar-refractivity contribution in [2.24, 2.45) is 7.05 Å². The predicted molar refractivity (Wildman–Crippen MR) is 72.3 cm³/mol. The minimum atomic E-state index is 0.836. The minimum Gasteiger partial charge on any atom is -0.350 e. The van der Waals surface area contributed by atoms with Crippen LogP contribution in [0.15, 0.2) is 30.5 Å². The molecule has 0 saturated heterocycles. The van der Waals surface area contributed by atoms with E-state index in [1.165, 1.54) is 42.1 Å². The fraction of sp³-hybridized carbons (Fsp3) is 0.467. The van der Waals surface area contributed by atoms with Crippen molar-refractivity contribution in [3.8, 4) is 0 Å². The molecule has 1 fully saturated rings. The van der Waals surface area contributed by atoms with Gasteiger partial charge in [-0.05, 0) is 43.9 Å². The second kappa shape index (κ2) is 4.53. The fourth-order valence-corrected chi connectivity index (χ4v) is 2.50. The summed E-state index contributed by atoms with van der Waals surface area (Å²) in [5, 5.41) is 4.99. The second-order valence-electron chi connectivity index (χ2n) is 5.11. The van der Waals surface area contributed by atoms with Crippen LogP contribution < -0.4 is 5.32 Å². The van der Waals surface area contributed by atoms with Crippen molar-refractivity contribution in [2.45, 2.75) is 31.7 Å². The lowest BCUT2D eigenvalue weighted by Crippen LogP contribution is -2.17. The van der Waals surface area contributed by atoms with Crippen molar-refractivity contribution >= 4 is 10.9 Å². The molecule has 0 amide bonds. The lowest BCUT2D eigenvalue weighted by atomic mass is 10.1. The lowest BCUT2D eigenvalue weighted by molar-refractivity contribution is 0.646. The van der Waals surface area contributed by atoms with E-state index in [9.17, 15) is 0 Å². The first-order valence-corrected chi connectivity index (χ1v) is 6.61. The van der Waals surface area contributed by atoms with Gasteiger partial charge in [0.15, 0.2) is 0 Å². The summed E-state index contributed by atoms with van der Waals surface area (Å²) in [6.45, 7) is 1.16. The highest BCUT2D eigenvalue weighted by Crippen LogP contribution is 2.22. The number of aryl methyl sites for hydroxylation is 2. The van der Waals surface area contributed by atoms with E-state index in [1.54, 1.807) is 0 Å². The Kier molecular flexibility index (Phi) is 2.89. The normalized spacial score (nSPS) is 15.6. The average Bonchev–Trinajstić information content (AvgIpc) is 3.12. The van der Waals surface area contributed by atoms with Crippen molar-refractivity contribution in [1.82, 2.24) is 9.88 Å². The summed E-state index contributed by atoms with van der Waals surface area (Å²) in [6, 6.07) is 9.51. The zero-order valence-corrected chi connectivity index (χ0v) is 10.4. The average molecular weight is 228 g/mol. The maximum atomic E-state index is 3.57. The van der Waals surface area contributed by atoms with Gasteiger partial charge in [-0.1, -0.05) is 18.2 Å². The number of fused-ring (bicyclic) bond motifs is 1. The SMILES string of the molecule is Cn1cc(CCCNC2CC2)c2ccccc21. The number of nitrogens with zero attached hydrogens (tertiary/aromatic N) is 1. The van der Waals surface area contributed by atoms with E-state index in [4.69, 9.17) is 0 Å². The Bertz CT molecular complexity index is 509. The Morgan fingerprint density at radius 2 is 2.12 bits per heavy atom. The zero-order valence-electron chi connectivity index (χ0n) is 10.4. The molecule has 0 radical (unpaired) electrons. The molecular weight excluding hydrogens is 208 g/mol. The molecule has 1 heterocycles. The Morgan fingerprint density at radius 1 is 1.29 bits per heavy atom. The summed E-state index contributed by atoms with van der Waals surface area (Å²) < 4.78 is 2.24. The fourth-order valence-electron chi connectivity index (χ4n) is 2.50. The van der Waals surface area contributed by atoms with Gasteiger partial charge in [-0.25, -0.2) is 0 Å². The van der Waals surface area contributed by atoms with Crippen LogP contribution >= 0.6 is 0 Å². The van der Waals surface area contributed by atoms with Gasteiger partial charge in [0.25, 0.3) is 0 Å². The Hall–Kier alpha value is -1.28. The van der Waals surface area contributed by atoms with Crippen LogP contribution in [-0.4, -0.2) is 17.2 Å². The van der Waals surface area contributed by atoms with Crippen LogP contribution in [0.3, 0.4) is 0 Å². The van der Waals surface area contributed by atoms with Crippen molar-refractivity contribution in [3.63, 3.8) is 0 Å². The van der Waals surface area contributed by atoms with E-state index in [0.29, 0.717) is 0 Å². The van der Waals surface area contributed by atoms with Crippen LogP contribution in [0, 0.1) is 0 Å². The van der Waals surface area contributed by atoms with Gasteiger partial charge < -0.3 is 9.88 Å². The Balaban J connectivity index is 1.67. The maximum absolute atomic E-state index is 3.57. The van der Waals surface area contributed by atoms with Gasteiger partial charge in [0.2, 0.25) is 0 Å². The summed E-state index contributed by atoms with van der Waals surface area (Å²) in [6.07, 6.45) is 7.47. The van der Waals surface area contributed by atoms with Crippen LogP contribution in [-0.2, 0) is 13.5 Å². The molecule has 17 heavy (non-hydrogen) atoms. The van der Waals surface area contributed by atoms with E-state index < -0.39 is 0 Å². The Labute approximate surface area is 103 Å². The summed E-state index contributed by atoms with van der Waals surface area (Å²) >= 11 is 0. The first-order valence-electron chi connectivity index (χ1n) is 6.61. The molecule has 90 valence electrons. The van der Waals surface area contributed by atoms with Gasteiger partial charge in [-0.15, -0.1) is 0 Å². The van der Waals surface area contributed by atoms with Gasteiger partial charge in [-0.3, -0.25) is 0 Å². The lowest BCUT2D eigenvalue weighted by Gasteiger charge is -2.01. The molecule has 3 rings (SSSR count). The molecule has 1 aliphatic rings. The quantitative estimate of drug-likeness (QED) is 0.779. The maximum Gasteiger partial charge on any atom is 0.0480 e. The monoisotopic (exact) mass is 228 g/mol. The molecule has 0 atom stereocenters. The molecule has 1 aliphatic carbocycles. The third-order valence-electron chi connectivity index (χ3n) is 3.61. The van der Waals surface area contributed by atoms with Crippen LogP contribution in [0.5, 0.6) is 0 Å². The van der Waals surface area contributed by atoms with Crippen LogP contribution in [0.4, 0.5) is 0 Å². The van der Waals surface area contributed by atoms with Gasteiger partial charge in [0.1, 0.15) is 0 Å². The van der Waals surface area contributed by atoms with Gasteiger partial charge >= 0.3 is 0 Å². The van der Waals surface area contributed by atoms with E-state index in [-0.39, 0.29) is 0 Å². The second-order valence-corrected chi connectivity index (χ2v) is 5.11. The van der Waals surface area contributed by atoms with E-state index in [2.05, 4.69) is 47.4 Å². The Morgan fingerprint density at radius 3 is 2.94 bits per heavy atom. The number of nitrogens with one attached hydrogen (secondary N) is 1. The number of benzene rings is 1. The topological polar surface area (TPSA) is 17.0 Å². The summed E-state index contributed by atoms with van der Waals surface area (Å²) in [5.74, 6) is 0. The molecule has 2 aromatic rings. The predicted octanol–water partition coefficient (Wildman–Crippen LogP) is 2.86. The standard InChI is InChI=1S/C15H20N2/c1-17-11-12(5-4-10-16-13-8-9-13)14-6-2-3-7-15(14)17/h2-3,6-7,11,13,16H,4-5,8-10H2,1H3. The van der Waals surface area contributed by atoms with E-state index in [0.717, 1.165) is 12.6 Å². The van der Waals surface area contributed by atoms with Crippen molar-refractivity contribution in [2.75, 3.05) is 6.54 Å². The van der Waals surface area contributed by atoms with Crippen molar-refractivity contribution in [1.29, 1.82) is 0 Å². The molecule has 0 spiro atoms. The van der Waals surface area contributed by atoms with Gasteiger partial charge in [-0.2, -0.15) is 0 Å². The molecule has 0 aliphatic heterocycles. The highest BCUT2D eigenvalue weighted by molar-refractivity contribution is 5.83. The molecule has 1 saturated carbocycles. The highest BCUT2D eigenvalue weighted by Gasteiger charge is 2.19. The van der Waals surface area contributed by atoms with E-state index >= 15 is 0 Å². The molecule has 1 N–H and O–H groups in total. The molecule has 0 unspecified atom stereocenters. The van der Waals surface area contributed by atoms with E-state index in [1.807, 2.05) is 0 Å². The molecule has 2 heteroatoms. The number of aromatic nitrogens is 1. The minimum absolute atomic E-state index is 0.836. The van der Waals surface area contributed by atoms with Crippen LogP contribution in [0.1, 0.15) is 24.8 Å². The highest BCUT2D eigenvalue weighted by atomic mass is 14.9. The summed E-state index contributed by atoms with van der Waals surface area (Å²) in [7, 11) is 2.13. The van der Waals surface area contributed by atoms with Crippen molar-refractivity contribution in [3.05, 3.63) is 36.0 Å². The molecule has 0 bridgehead atoms. The van der Waals surface area contributed by atoms with Crippen LogP contribution in [0.25, 0.3) is 10.9 Å². The number of hydrogen-bond donors (Lipinski definition) is 1. The number of hydrogen-bond acceptors (Lipinski definition) is 1. The number of rotatable bonds is 5. The summed E-state index contributed by atoms with van der Waals surface area (Å²) in [5.41, 5.74) is 2.83. The molecular formula is C15H20N2. The van der Waals surface area contributed by atoms with Crippen molar-refractivity contribution < 1.29 is 0 Å². The molecule has 1 aromatic carbocycles. The summed E-state index contributed by atoms with van der Waals surface area (Å²) in [4.78, 5) is 0. The molecule has 2 nitrogen and oxygen atoms in total. The smallest absolute Gasteiger partial charge is 0.0480 e. The zero-order chi connectivity index (χ0) is 11.7.